The molecule has 2 nitrogen and oxygen atoms in total. The topological polar surface area (TPSA) is 29.3 Å². The van der Waals surface area contributed by atoms with Crippen molar-refractivity contribution in [1.82, 2.24) is 4.90 Å². The predicted molar refractivity (Wildman–Crippen MR) is 72.9 cm³/mol. The molecule has 0 aliphatic carbocycles. The number of nitrogens with zero attached hydrogens (tertiary/aromatic N) is 1. The van der Waals surface area contributed by atoms with Gasteiger partial charge in [-0.05, 0) is 45.3 Å². The van der Waals surface area contributed by atoms with Gasteiger partial charge in [0.05, 0.1) is 5.54 Å². The van der Waals surface area contributed by atoms with Crippen molar-refractivity contribution >= 4 is 0 Å². The van der Waals surface area contributed by atoms with E-state index in [0.29, 0.717) is 6.04 Å². The van der Waals surface area contributed by atoms with Gasteiger partial charge in [0.1, 0.15) is 0 Å². The number of benzene rings is 1. The Morgan fingerprint density at radius 1 is 1.12 bits per heavy atom. The van der Waals surface area contributed by atoms with Gasteiger partial charge in [0.15, 0.2) is 0 Å². The van der Waals surface area contributed by atoms with Crippen LogP contribution in [0.5, 0.6) is 0 Å². The Hall–Kier alpha value is -0.860. The summed E-state index contributed by atoms with van der Waals surface area (Å²) < 4.78 is 0. The lowest BCUT2D eigenvalue weighted by Gasteiger charge is -2.42. The van der Waals surface area contributed by atoms with Gasteiger partial charge in [-0.1, -0.05) is 36.8 Å². The normalized spacial score (nSPS) is 23.0. The van der Waals surface area contributed by atoms with E-state index >= 15 is 0 Å². The summed E-state index contributed by atoms with van der Waals surface area (Å²) in [6, 6.07) is 10.9. The van der Waals surface area contributed by atoms with Crippen LogP contribution in [0.3, 0.4) is 0 Å². The van der Waals surface area contributed by atoms with Gasteiger partial charge in [-0.15, -0.1) is 0 Å². The molecule has 2 unspecified atom stereocenters. The zero-order chi connectivity index (χ0) is 12.3. The molecule has 1 aromatic carbocycles. The third-order valence-electron chi connectivity index (χ3n) is 4.20. The maximum Gasteiger partial charge on any atom is 0.0536 e. The van der Waals surface area contributed by atoms with E-state index in [-0.39, 0.29) is 5.54 Å². The van der Waals surface area contributed by atoms with Gasteiger partial charge < -0.3 is 5.73 Å². The number of piperidine rings is 1. The Kier molecular flexibility index (Phi) is 3.85. The number of nitrogens with two attached hydrogens (primary N) is 1. The van der Waals surface area contributed by atoms with E-state index in [4.69, 9.17) is 5.73 Å². The first-order valence-corrected chi connectivity index (χ1v) is 6.71. The molecule has 2 atom stereocenters. The fourth-order valence-corrected chi connectivity index (χ4v) is 2.72. The molecule has 1 aromatic rings. The van der Waals surface area contributed by atoms with Gasteiger partial charge in [-0.2, -0.15) is 0 Å². The lowest BCUT2D eigenvalue weighted by atomic mass is 9.85. The van der Waals surface area contributed by atoms with Crippen LogP contribution >= 0.6 is 0 Å². The maximum atomic E-state index is 6.57. The lowest BCUT2D eigenvalue weighted by Crippen LogP contribution is -2.54. The van der Waals surface area contributed by atoms with Gasteiger partial charge in [0.2, 0.25) is 0 Å². The third kappa shape index (κ3) is 2.70. The Bertz CT molecular complexity index is 339. The lowest BCUT2D eigenvalue weighted by molar-refractivity contribution is 0.116. The summed E-state index contributed by atoms with van der Waals surface area (Å²) in [4.78, 5) is 2.54. The summed E-state index contributed by atoms with van der Waals surface area (Å²) >= 11 is 0. The first-order chi connectivity index (χ1) is 8.12. The highest BCUT2D eigenvalue weighted by Crippen LogP contribution is 2.27. The number of rotatable bonds is 3. The second-order valence-electron chi connectivity index (χ2n) is 5.42. The molecule has 2 rings (SSSR count). The summed E-state index contributed by atoms with van der Waals surface area (Å²) in [6.07, 6.45) is 4.00. The highest BCUT2D eigenvalue weighted by molar-refractivity contribution is 5.25. The number of hydrogen-bond acceptors (Lipinski definition) is 2. The molecule has 0 saturated carbocycles. The minimum atomic E-state index is -0.265. The molecule has 0 amide bonds. The van der Waals surface area contributed by atoms with Crippen LogP contribution in [0.15, 0.2) is 30.3 Å². The van der Waals surface area contributed by atoms with Gasteiger partial charge in [-0.3, -0.25) is 4.90 Å². The standard InChI is InChI=1S/C15H24N2/c1-13(17-11-7-4-8-12-17)15(2,16)14-9-5-3-6-10-14/h3,5-6,9-10,13H,4,7-8,11-12,16H2,1-2H3. The summed E-state index contributed by atoms with van der Waals surface area (Å²) in [5, 5.41) is 0. The molecule has 1 fully saturated rings. The molecule has 0 aromatic heterocycles. The van der Waals surface area contributed by atoms with Crippen LogP contribution in [0.2, 0.25) is 0 Å². The van der Waals surface area contributed by atoms with Crippen molar-refractivity contribution in [3.05, 3.63) is 35.9 Å². The molecule has 1 aliphatic rings. The van der Waals surface area contributed by atoms with E-state index in [0.717, 1.165) is 0 Å². The molecule has 94 valence electrons. The molecule has 2 N–H and O–H groups in total. The summed E-state index contributed by atoms with van der Waals surface area (Å²) in [5.41, 5.74) is 7.54. The van der Waals surface area contributed by atoms with Gasteiger partial charge in [-0.25, -0.2) is 0 Å². The van der Waals surface area contributed by atoms with Crippen LogP contribution in [0.1, 0.15) is 38.7 Å². The predicted octanol–water partition coefficient (Wildman–Crippen LogP) is 2.73. The van der Waals surface area contributed by atoms with Crippen molar-refractivity contribution in [2.45, 2.75) is 44.7 Å². The third-order valence-corrected chi connectivity index (χ3v) is 4.20. The first kappa shape index (κ1) is 12.6. The van der Waals surface area contributed by atoms with E-state index < -0.39 is 0 Å². The summed E-state index contributed by atoms with van der Waals surface area (Å²) in [6.45, 7) is 6.81. The molecule has 0 spiro atoms. The van der Waals surface area contributed by atoms with Crippen molar-refractivity contribution < 1.29 is 0 Å². The van der Waals surface area contributed by atoms with Crippen molar-refractivity contribution in [3.8, 4) is 0 Å². The van der Waals surface area contributed by atoms with E-state index in [2.05, 4.69) is 43.0 Å². The second kappa shape index (κ2) is 5.19. The maximum absolute atomic E-state index is 6.57. The summed E-state index contributed by atoms with van der Waals surface area (Å²) in [5.74, 6) is 0. The zero-order valence-electron chi connectivity index (χ0n) is 11.0. The van der Waals surface area contributed by atoms with Crippen molar-refractivity contribution in [1.29, 1.82) is 0 Å². The Labute approximate surface area is 105 Å². The Balaban J connectivity index is 2.14. The van der Waals surface area contributed by atoms with Crippen LogP contribution in [-0.2, 0) is 5.54 Å². The highest BCUT2D eigenvalue weighted by Gasteiger charge is 2.33. The van der Waals surface area contributed by atoms with Crippen LogP contribution in [-0.4, -0.2) is 24.0 Å². The van der Waals surface area contributed by atoms with Crippen molar-refractivity contribution in [2.24, 2.45) is 5.73 Å². The fraction of sp³-hybridized carbons (Fsp3) is 0.600. The monoisotopic (exact) mass is 232 g/mol. The smallest absolute Gasteiger partial charge is 0.0536 e. The van der Waals surface area contributed by atoms with Crippen molar-refractivity contribution in [2.75, 3.05) is 13.1 Å². The fourth-order valence-electron chi connectivity index (χ4n) is 2.72. The van der Waals surface area contributed by atoms with E-state index in [1.54, 1.807) is 0 Å². The zero-order valence-corrected chi connectivity index (χ0v) is 11.0. The molecule has 0 bridgehead atoms. The average Bonchev–Trinajstić information content (AvgIpc) is 2.40. The van der Waals surface area contributed by atoms with Crippen LogP contribution < -0.4 is 5.73 Å². The average molecular weight is 232 g/mol. The number of hydrogen-bond donors (Lipinski definition) is 1. The molecule has 2 heteroatoms. The largest absolute Gasteiger partial charge is 0.320 e. The SMILES string of the molecule is CC(N1CCCCC1)C(C)(N)c1ccccc1. The molecular formula is C15H24N2. The molecule has 1 saturated heterocycles. The van der Waals surface area contributed by atoms with Crippen LogP contribution in [0.4, 0.5) is 0 Å². The quantitative estimate of drug-likeness (QED) is 0.868. The van der Waals surface area contributed by atoms with E-state index in [1.807, 2.05) is 6.07 Å². The van der Waals surface area contributed by atoms with E-state index in [9.17, 15) is 0 Å². The van der Waals surface area contributed by atoms with E-state index in [1.165, 1.54) is 37.9 Å². The Morgan fingerprint density at radius 3 is 2.29 bits per heavy atom. The minimum absolute atomic E-state index is 0.265. The molecule has 0 radical (unpaired) electrons. The number of likely N-dealkylation sites (tertiary alicyclic amines) is 1. The molecule has 1 heterocycles. The molecule has 1 aliphatic heterocycles. The van der Waals surface area contributed by atoms with Crippen LogP contribution in [0.25, 0.3) is 0 Å². The van der Waals surface area contributed by atoms with Crippen molar-refractivity contribution in [3.63, 3.8) is 0 Å². The molecule has 17 heavy (non-hydrogen) atoms. The first-order valence-electron chi connectivity index (χ1n) is 6.71. The van der Waals surface area contributed by atoms with Gasteiger partial charge >= 0.3 is 0 Å². The molecular weight excluding hydrogens is 208 g/mol. The van der Waals surface area contributed by atoms with Gasteiger partial charge in [0.25, 0.3) is 0 Å². The van der Waals surface area contributed by atoms with Crippen LogP contribution in [0, 0.1) is 0 Å². The van der Waals surface area contributed by atoms with Gasteiger partial charge in [0, 0.05) is 6.04 Å². The summed E-state index contributed by atoms with van der Waals surface area (Å²) in [7, 11) is 0. The Morgan fingerprint density at radius 2 is 1.71 bits per heavy atom. The minimum Gasteiger partial charge on any atom is -0.320 e. The highest BCUT2D eigenvalue weighted by atomic mass is 15.2. The second-order valence-corrected chi connectivity index (χ2v) is 5.42.